The average molecular weight is 213 g/mol. The zero-order valence-corrected chi connectivity index (χ0v) is 7.90. The molecule has 1 aromatic rings. The highest BCUT2D eigenvalue weighted by atomic mass is 16.5. The molecule has 0 amide bonds. The van der Waals surface area contributed by atoms with Crippen LogP contribution in [-0.4, -0.2) is 40.8 Å². The van der Waals surface area contributed by atoms with Gasteiger partial charge in [-0.05, 0) is 0 Å². The Kier molecular flexibility index (Phi) is 4.30. The lowest BCUT2D eigenvalue weighted by Crippen LogP contribution is -2.19. The number of nitrogens with one attached hydrogen (secondary N) is 2. The van der Waals surface area contributed by atoms with E-state index < -0.39 is 5.97 Å². The van der Waals surface area contributed by atoms with E-state index in [2.05, 4.69) is 15.3 Å². The van der Waals surface area contributed by atoms with E-state index in [1.807, 2.05) is 0 Å². The standard InChI is InChI=1S/C8H11N3O4/c12-6(13)5-15-4-3-10-7-8(14)11-2-1-9-7/h1-2H,3-5H2,(H,9,10)(H,11,14)(H,12,13). The van der Waals surface area contributed by atoms with Gasteiger partial charge in [-0.15, -0.1) is 0 Å². The number of aromatic amines is 1. The molecule has 0 unspecified atom stereocenters. The molecule has 7 nitrogen and oxygen atoms in total. The van der Waals surface area contributed by atoms with Gasteiger partial charge in [0, 0.05) is 18.9 Å². The number of H-pyrrole nitrogens is 1. The van der Waals surface area contributed by atoms with Crippen LogP contribution in [0.3, 0.4) is 0 Å². The minimum atomic E-state index is -1.02. The number of hydrogen-bond acceptors (Lipinski definition) is 5. The summed E-state index contributed by atoms with van der Waals surface area (Å²) in [7, 11) is 0. The van der Waals surface area contributed by atoms with Crippen LogP contribution in [0, 0.1) is 0 Å². The largest absolute Gasteiger partial charge is 0.480 e. The Balaban J connectivity index is 2.24. The molecular formula is C8H11N3O4. The van der Waals surface area contributed by atoms with E-state index in [1.54, 1.807) is 0 Å². The third kappa shape index (κ3) is 4.23. The fourth-order valence-corrected chi connectivity index (χ4v) is 0.879. The van der Waals surface area contributed by atoms with Gasteiger partial charge in [-0.2, -0.15) is 0 Å². The van der Waals surface area contributed by atoms with Crippen LogP contribution in [0.25, 0.3) is 0 Å². The Bertz CT molecular complexity index is 376. The summed E-state index contributed by atoms with van der Waals surface area (Å²) in [6.07, 6.45) is 2.87. The number of aliphatic carboxylic acids is 1. The summed E-state index contributed by atoms with van der Waals surface area (Å²) >= 11 is 0. The lowest BCUT2D eigenvalue weighted by Gasteiger charge is -2.03. The SMILES string of the molecule is O=C(O)COCCNc1ncc[nH]c1=O. The van der Waals surface area contributed by atoms with Gasteiger partial charge in [0.1, 0.15) is 6.61 Å². The van der Waals surface area contributed by atoms with Gasteiger partial charge in [-0.1, -0.05) is 0 Å². The van der Waals surface area contributed by atoms with E-state index in [1.165, 1.54) is 12.4 Å². The minimum absolute atomic E-state index is 0.191. The second-order valence-electron chi connectivity index (χ2n) is 2.64. The first-order chi connectivity index (χ1) is 7.20. The van der Waals surface area contributed by atoms with Crippen molar-refractivity contribution < 1.29 is 14.6 Å². The molecule has 3 N–H and O–H groups in total. The Labute approximate surface area is 85.1 Å². The molecule has 0 saturated carbocycles. The summed E-state index contributed by atoms with van der Waals surface area (Å²) < 4.78 is 4.75. The quantitative estimate of drug-likeness (QED) is 0.539. The van der Waals surface area contributed by atoms with Crippen molar-refractivity contribution in [3.05, 3.63) is 22.7 Å². The molecule has 0 aliphatic rings. The molecule has 15 heavy (non-hydrogen) atoms. The van der Waals surface area contributed by atoms with E-state index in [0.717, 1.165) is 0 Å². The maximum absolute atomic E-state index is 11.1. The van der Waals surface area contributed by atoms with Crippen molar-refractivity contribution in [2.45, 2.75) is 0 Å². The average Bonchev–Trinajstić information content (AvgIpc) is 2.20. The Morgan fingerprint density at radius 3 is 3.13 bits per heavy atom. The fourth-order valence-electron chi connectivity index (χ4n) is 0.879. The summed E-state index contributed by atoms with van der Waals surface area (Å²) in [4.78, 5) is 27.4. The molecule has 0 saturated heterocycles. The molecule has 0 bridgehead atoms. The topological polar surface area (TPSA) is 104 Å². The van der Waals surface area contributed by atoms with Gasteiger partial charge >= 0.3 is 5.97 Å². The van der Waals surface area contributed by atoms with E-state index in [9.17, 15) is 9.59 Å². The summed E-state index contributed by atoms with van der Waals surface area (Å²) in [5, 5.41) is 11.0. The first kappa shape index (κ1) is 11.2. The molecule has 82 valence electrons. The van der Waals surface area contributed by atoms with Crippen molar-refractivity contribution in [3.8, 4) is 0 Å². The maximum atomic E-state index is 11.1. The molecule has 0 aliphatic carbocycles. The predicted molar refractivity (Wildman–Crippen MR) is 51.8 cm³/mol. The number of carboxylic acid groups (broad SMARTS) is 1. The van der Waals surface area contributed by atoms with Crippen LogP contribution in [0.1, 0.15) is 0 Å². The molecule has 7 heteroatoms. The number of hydrogen-bond donors (Lipinski definition) is 3. The first-order valence-electron chi connectivity index (χ1n) is 4.27. The third-order valence-corrected chi connectivity index (χ3v) is 1.47. The van der Waals surface area contributed by atoms with E-state index in [-0.39, 0.29) is 24.6 Å². The molecule has 0 fully saturated rings. The van der Waals surface area contributed by atoms with Gasteiger partial charge in [-0.3, -0.25) is 4.79 Å². The first-order valence-corrected chi connectivity index (χ1v) is 4.27. The minimum Gasteiger partial charge on any atom is -0.480 e. The molecule has 0 aliphatic heterocycles. The van der Waals surface area contributed by atoms with Crippen molar-refractivity contribution >= 4 is 11.8 Å². The van der Waals surface area contributed by atoms with E-state index in [0.29, 0.717) is 6.54 Å². The van der Waals surface area contributed by atoms with Crippen molar-refractivity contribution in [2.75, 3.05) is 25.1 Å². The zero-order chi connectivity index (χ0) is 11.1. The van der Waals surface area contributed by atoms with Crippen molar-refractivity contribution in [2.24, 2.45) is 0 Å². The van der Waals surface area contributed by atoms with E-state index >= 15 is 0 Å². The number of aromatic nitrogens is 2. The van der Waals surface area contributed by atoms with Gasteiger partial charge in [0.05, 0.1) is 6.61 Å². The summed E-state index contributed by atoms with van der Waals surface area (Å²) in [5.74, 6) is -0.831. The number of carbonyl (C=O) groups is 1. The Hall–Kier alpha value is -1.89. The molecule has 1 heterocycles. The van der Waals surface area contributed by atoms with Crippen molar-refractivity contribution in [1.82, 2.24) is 9.97 Å². The summed E-state index contributed by atoms with van der Waals surface area (Å²) in [5.41, 5.74) is -0.323. The third-order valence-electron chi connectivity index (χ3n) is 1.47. The summed E-state index contributed by atoms with van der Waals surface area (Å²) in [6, 6.07) is 0. The highest BCUT2D eigenvalue weighted by Gasteiger charge is 1.99. The van der Waals surface area contributed by atoms with Gasteiger partial charge in [0.2, 0.25) is 0 Å². The van der Waals surface area contributed by atoms with Crippen LogP contribution in [0.15, 0.2) is 17.2 Å². The monoisotopic (exact) mass is 213 g/mol. The second kappa shape index (κ2) is 5.76. The van der Waals surface area contributed by atoms with Gasteiger partial charge in [0.25, 0.3) is 5.56 Å². The van der Waals surface area contributed by atoms with E-state index in [4.69, 9.17) is 9.84 Å². The van der Waals surface area contributed by atoms with Gasteiger partial charge in [-0.25, -0.2) is 9.78 Å². The molecule has 0 radical (unpaired) electrons. The molecule has 0 spiro atoms. The van der Waals surface area contributed by atoms with Crippen LogP contribution in [-0.2, 0) is 9.53 Å². The van der Waals surface area contributed by atoms with Crippen LogP contribution >= 0.6 is 0 Å². The van der Waals surface area contributed by atoms with Crippen LogP contribution in [0.2, 0.25) is 0 Å². The number of anilines is 1. The summed E-state index contributed by atoms with van der Waals surface area (Å²) in [6.45, 7) is 0.177. The second-order valence-corrected chi connectivity index (χ2v) is 2.64. The lowest BCUT2D eigenvalue weighted by atomic mass is 10.6. The molecule has 0 atom stereocenters. The van der Waals surface area contributed by atoms with Crippen LogP contribution < -0.4 is 10.9 Å². The van der Waals surface area contributed by atoms with Crippen molar-refractivity contribution in [1.29, 1.82) is 0 Å². The fraction of sp³-hybridized carbons (Fsp3) is 0.375. The van der Waals surface area contributed by atoms with Gasteiger partial charge in [0.15, 0.2) is 5.82 Å². The molecular weight excluding hydrogens is 202 g/mol. The lowest BCUT2D eigenvalue weighted by molar-refractivity contribution is -0.142. The number of carboxylic acids is 1. The number of ether oxygens (including phenoxy) is 1. The van der Waals surface area contributed by atoms with Crippen molar-refractivity contribution in [3.63, 3.8) is 0 Å². The zero-order valence-electron chi connectivity index (χ0n) is 7.90. The molecule has 0 aromatic carbocycles. The number of nitrogens with zero attached hydrogens (tertiary/aromatic N) is 1. The Morgan fingerprint density at radius 1 is 1.67 bits per heavy atom. The molecule has 1 aromatic heterocycles. The predicted octanol–water partition coefficient (Wildman–Crippen LogP) is -0.717. The van der Waals surface area contributed by atoms with Crippen LogP contribution in [0.5, 0.6) is 0 Å². The molecule has 1 rings (SSSR count). The Morgan fingerprint density at radius 2 is 2.47 bits per heavy atom. The maximum Gasteiger partial charge on any atom is 0.329 e. The smallest absolute Gasteiger partial charge is 0.329 e. The van der Waals surface area contributed by atoms with Crippen LogP contribution in [0.4, 0.5) is 5.82 Å². The van der Waals surface area contributed by atoms with Gasteiger partial charge < -0.3 is 20.1 Å². The number of rotatable bonds is 6. The highest BCUT2D eigenvalue weighted by Crippen LogP contribution is 1.88. The normalized spacial score (nSPS) is 9.87. The highest BCUT2D eigenvalue weighted by molar-refractivity contribution is 5.67.